The second-order valence-electron chi connectivity index (χ2n) is 6.17. The van der Waals surface area contributed by atoms with Crippen molar-refractivity contribution in [3.63, 3.8) is 0 Å². The zero-order chi connectivity index (χ0) is 15.1. The number of ether oxygens (including phenoxy) is 1. The topological polar surface area (TPSA) is 39.1 Å². The molecule has 1 aliphatic carbocycles. The molecule has 2 unspecified atom stereocenters. The van der Waals surface area contributed by atoms with E-state index in [-0.39, 0.29) is 0 Å². The number of likely N-dealkylation sites (N-methyl/N-ethyl adjacent to an activating group) is 1. The van der Waals surface area contributed by atoms with Gasteiger partial charge in [-0.1, -0.05) is 26.2 Å². The number of aryl methyl sites for hydroxylation is 1. The number of nitrogens with one attached hydrogen (secondary N) is 1. The van der Waals surface area contributed by atoms with E-state index in [0.29, 0.717) is 18.1 Å². The predicted molar refractivity (Wildman–Crippen MR) is 86.4 cm³/mol. The summed E-state index contributed by atoms with van der Waals surface area (Å²) in [5.74, 6) is 0.703. The van der Waals surface area contributed by atoms with Crippen LogP contribution in [0.25, 0.3) is 0 Å². The Hall–Kier alpha value is -0.870. The first-order chi connectivity index (χ1) is 10.3. The molecule has 4 nitrogen and oxygen atoms in total. The standard InChI is InChI=1S/C17H31N3O/c1-4-18-16(11-14-12-19-20(5-2)13-14)17(21-3)15-9-7-6-8-10-15/h12-13,15-18H,4-11H2,1-3H3. The summed E-state index contributed by atoms with van der Waals surface area (Å²) in [4.78, 5) is 0. The number of hydrogen-bond acceptors (Lipinski definition) is 3. The van der Waals surface area contributed by atoms with Crippen LogP contribution in [-0.2, 0) is 17.7 Å². The zero-order valence-electron chi connectivity index (χ0n) is 13.8. The van der Waals surface area contributed by atoms with Crippen molar-refractivity contribution in [2.45, 2.75) is 71.1 Å². The van der Waals surface area contributed by atoms with E-state index >= 15 is 0 Å². The van der Waals surface area contributed by atoms with Gasteiger partial charge in [-0.3, -0.25) is 4.68 Å². The Balaban J connectivity index is 2.03. The number of nitrogens with zero attached hydrogens (tertiary/aromatic N) is 2. The Morgan fingerprint density at radius 2 is 2.10 bits per heavy atom. The summed E-state index contributed by atoms with van der Waals surface area (Å²) in [5.41, 5.74) is 1.31. The van der Waals surface area contributed by atoms with Gasteiger partial charge in [-0.25, -0.2) is 0 Å². The molecule has 0 aromatic carbocycles. The number of rotatable bonds is 8. The van der Waals surface area contributed by atoms with Crippen LogP contribution in [0, 0.1) is 5.92 Å². The lowest BCUT2D eigenvalue weighted by molar-refractivity contribution is 0.00868. The number of aromatic nitrogens is 2. The molecule has 21 heavy (non-hydrogen) atoms. The quantitative estimate of drug-likeness (QED) is 0.801. The van der Waals surface area contributed by atoms with E-state index in [1.54, 1.807) is 0 Å². The number of methoxy groups -OCH3 is 1. The largest absolute Gasteiger partial charge is 0.380 e. The highest BCUT2D eigenvalue weighted by molar-refractivity contribution is 5.07. The molecule has 0 radical (unpaired) electrons. The average molecular weight is 293 g/mol. The SMILES string of the molecule is CCNC(Cc1cnn(CC)c1)C(OC)C1CCCCC1. The van der Waals surface area contributed by atoms with Crippen LogP contribution in [0.4, 0.5) is 0 Å². The molecule has 1 aliphatic rings. The van der Waals surface area contributed by atoms with E-state index in [1.807, 2.05) is 18.0 Å². The lowest BCUT2D eigenvalue weighted by Crippen LogP contribution is -2.46. The maximum absolute atomic E-state index is 5.92. The first-order valence-corrected chi connectivity index (χ1v) is 8.56. The first-order valence-electron chi connectivity index (χ1n) is 8.56. The van der Waals surface area contributed by atoms with E-state index in [2.05, 4.69) is 30.5 Å². The maximum atomic E-state index is 5.92. The van der Waals surface area contributed by atoms with Gasteiger partial charge in [-0.2, -0.15) is 5.10 Å². The van der Waals surface area contributed by atoms with E-state index in [1.165, 1.54) is 37.7 Å². The fourth-order valence-corrected chi connectivity index (χ4v) is 3.65. The molecule has 0 saturated heterocycles. The van der Waals surface area contributed by atoms with Gasteiger partial charge in [0.25, 0.3) is 0 Å². The van der Waals surface area contributed by atoms with Crippen molar-refractivity contribution in [3.05, 3.63) is 18.0 Å². The summed E-state index contributed by atoms with van der Waals surface area (Å²) in [5, 5.41) is 8.04. The van der Waals surface area contributed by atoms with Gasteiger partial charge in [-0.15, -0.1) is 0 Å². The van der Waals surface area contributed by atoms with Gasteiger partial charge in [0, 0.05) is 25.9 Å². The summed E-state index contributed by atoms with van der Waals surface area (Å²) in [7, 11) is 1.87. The fraction of sp³-hybridized carbons (Fsp3) is 0.824. The Kier molecular flexibility index (Phi) is 6.71. The summed E-state index contributed by atoms with van der Waals surface area (Å²) in [6.45, 7) is 6.22. The normalized spacial score (nSPS) is 19.6. The molecule has 2 rings (SSSR count). The van der Waals surface area contributed by atoms with Crippen LogP contribution < -0.4 is 5.32 Å². The van der Waals surface area contributed by atoms with Gasteiger partial charge in [0.05, 0.1) is 12.3 Å². The van der Waals surface area contributed by atoms with Crippen molar-refractivity contribution in [2.75, 3.05) is 13.7 Å². The van der Waals surface area contributed by atoms with Crippen LogP contribution in [-0.4, -0.2) is 35.6 Å². The molecule has 0 aliphatic heterocycles. The van der Waals surface area contributed by atoms with Crippen LogP contribution in [0.1, 0.15) is 51.5 Å². The van der Waals surface area contributed by atoms with Crippen molar-refractivity contribution < 1.29 is 4.74 Å². The zero-order valence-corrected chi connectivity index (χ0v) is 13.8. The lowest BCUT2D eigenvalue weighted by Gasteiger charge is -2.35. The van der Waals surface area contributed by atoms with Crippen LogP contribution in [0.2, 0.25) is 0 Å². The molecule has 2 atom stereocenters. The molecule has 120 valence electrons. The molecule has 1 fully saturated rings. The Labute approximate surface area is 129 Å². The highest BCUT2D eigenvalue weighted by Crippen LogP contribution is 2.30. The summed E-state index contributed by atoms with van der Waals surface area (Å²) in [6.07, 6.45) is 12.2. The molecule has 4 heteroatoms. The highest BCUT2D eigenvalue weighted by atomic mass is 16.5. The second-order valence-corrected chi connectivity index (χ2v) is 6.17. The van der Waals surface area contributed by atoms with Crippen molar-refractivity contribution in [1.82, 2.24) is 15.1 Å². The van der Waals surface area contributed by atoms with Gasteiger partial charge in [0.1, 0.15) is 0 Å². The van der Waals surface area contributed by atoms with Crippen LogP contribution >= 0.6 is 0 Å². The third-order valence-electron chi connectivity index (χ3n) is 4.72. The van der Waals surface area contributed by atoms with Gasteiger partial charge in [0.15, 0.2) is 0 Å². The third kappa shape index (κ3) is 4.55. The van der Waals surface area contributed by atoms with Crippen molar-refractivity contribution >= 4 is 0 Å². The Morgan fingerprint density at radius 3 is 2.67 bits per heavy atom. The molecule has 1 heterocycles. The number of hydrogen-bond donors (Lipinski definition) is 1. The predicted octanol–water partition coefficient (Wildman–Crippen LogP) is 3.02. The Bertz CT molecular complexity index is 398. The fourth-order valence-electron chi connectivity index (χ4n) is 3.65. The minimum absolute atomic E-state index is 0.315. The van der Waals surface area contributed by atoms with Crippen molar-refractivity contribution in [1.29, 1.82) is 0 Å². The Morgan fingerprint density at radius 1 is 1.33 bits per heavy atom. The monoisotopic (exact) mass is 293 g/mol. The molecule has 1 aromatic rings. The van der Waals surface area contributed by atoms with E-state index in [0.717, 1.165) is 19.5 Å². The summed E-state index contributed by atoms with van der Waals surface area (Å²) in [6, 6.07) is 0.387. The van der Waals surface area contributed by atoms with Crippen molar-refractivity contribution in [2.24, 2.45) is 5.92 Å². The average Bonchev–Trinajstić information content (AvgIpc) is 2.97. The molecule has 0 amide bonds. The smallest absolute Gasteiger partial charge is 0.0755 e. The molecule has 0 bridgehead atoms. The van der Waals surface area contributed by atoms with Gasteiger partial charge in [-0.05, 0) is 44.2 Å². The first kappa shape index (κ1) is 16.5. The molecule has 1 N–H and O–H groups in total. The summed E-state index contributed by atoms with van der Waals surface area (Å²) < 4.78 is 7.92. The van der Waals surface area contributed by atoms with E-state index in [9.17, 15) is 0 Å². The van der Waals surface area contributed by atoms with E-state index in [4.69, 9.17) is 4.74 Å². The van der Waals surface area contributed by atoms with Crippen LogP contribution in [0.5, 0.6) is 0 Å². The molecular formula is C17H31N3O. The van der Waals surface area contributed by atoms with Gasteiger partial charge in [0.2, 0.25) is 0 Å². The maximum Gasteiger partial charge on any atom is 0.0755 e. The van der Waals surface area contributed by atoms with Crippen molar-refractivity contribution in [3.8, 4) is 0 Å². The molecule has 1 aromatic heterocycles. The minimum atomic E-state index is 0.315. The molecule has 1 saturated carbocycles. The molecule has 0 spiro atoms. The third-order valence-corrected chi connectivity index (χ3v) is 4.72. The van der Waals surface area contributed by atoms with E-state index < -0.39 is 0 Å². The van der Waals surface area contributed by atoms with Gasteiger partial charge >= 0.3 is 0 Å². The summed E-state index contributed by atoms with van der Waals surface area (Å²) >= 11 is 0. The van der Waals surface area contributed by atoms with Gasteiger partial charge < -0.3 is 10.1 Å². The second kappa shape index (κ2) is 8.54. The van der Waals surface area contributed by atoms with Crippen LogP contribution in [0.3, 0.4) is 0 Å². The van der Waals surface area contributed by atoms with Crippen LogP contribution in [0.15, 0.2) is 12.4 Å². The highest BCUT2D eigenvalue weighted by Gasteiger charge is 2.30. The minimum Gasteiger partial charge on any atom is -0.380 e. The molecular weight excluding hydrogens is 262 g/mol. The lowest BCUT2D eigenvalue weighted by atomic mass is 9.81.